The van der Waals surface area contributed by atoms with Gasteiger partial charge in [0.05, 0.1) is 19.8 Å². The third-order valence-corrected chi connectivity index (χ3v) is 6.49. The van der Waals surface area contributed by atoms with Crippen molar-refractivity contribution in [2.24, 2.45) is 0 Å². The standard InChI is InChI=1S/C21H22N2O4S/c1-12-4-6-13(7-5-12)10-22-19(24)15-11-28-21-14-8-9-16(26-2)18(27-3)17(14)20(25)23(15)21/h4-9,15,21H,10-11H2,1-3H3,(H,22,24)/t15-,21?/m0/s1. The first-order valence-corrected chi connectivity index (χ1v) is 10.1. The first kappa shape index (κ1) is 18.7. The summed E-state index contributed by atoms with van der Waals surface area (Å²) in [7, 11) is 3.06. The molecule has 2 atom stereocenters. The van der Waals surface area contributed by atoms with Gasteiger partial charge in [-0.1, -0.05) is 35.9 Å². The molecular weight excluding hydrogens is 376 g/mol. The van der Waals surface area contributed by atoms with Crippen LogP contribution in [0.1, 0.15) is 32.4 Å². The fourth-order valence-electron chi connectivity index (χ4n) is 3.71. The number of carbonyl (C=O) groups is 2. The summed E-state index contributed by atoms with van der Waals surface area (Å²) < 4.78 is 10.8. The molecule has 6 nitrogen and oxygen atoms in total. The Bertz CT molecular complexity index is 929. The van der Waals surface area contributed by atoms with Crippen LogP contribution in [0.5, 0.6) is 11.5 Å². The molecule has 1 fully saturated rings. The molecule has 2 aromatic carbocycles. The average Bonchev–Trinajstić information content (AvgIpc) is 3.26. The minimum absolute atomic E-state index is 0.136. The molecule has 1 unspecified atom stereocenters. The van der Waals surface area contributed by atoms with Crippen LogP contribution in [0.4, 0.5) is 0 Å². The molecule has 0 aromatic heterocycles. The van der Waals surface area contributed by atoms with E-state index in [-0.39, 0.29) is 17.2 Å². The summed E-state index contributed by atoms with van der Waals surface area (Å²) in [6.45, 7) is 2.47. The average molecular weight is 398 g/mol. The maximum Gasteiger partial charge on any atom is 0.260 e. The van der Waals surface area contributed by atoms with Crippen LogP contribution in [0, 0.1) is 6.92 Å². The number of methoxy groups -OCH3 is 2. The van der Waals surface area contributed by atoms with E-state index in [1.54, 1.807) is 29.8 Å². The van der Waals surface area contributed by atoms with Gasteiger partial charge < -0.3 is 19.7 Å². The molecule has 7 heteroatoms. The number of nitrogens with one attached hydrogen (secondary N) is 1. The molecule has 0 saturated carbocycles. The van der Waals surface area contributed by atoms with Crippen molar-refractivity contribution in [3.63, 3.8) is 0 Å². The van der Waals surface area contributed by atoms with E-state index in [2.05, 4.69) is 5.32 Å². The van der Waals surface area contributed by atoms with Crippen molar-refractivity contribution in [1.29, 1.82) is 0 Å². The summed E-state index contributed by atoms with van der Waals surface area (Å²) in [5, 5.41) is 2.80. The van der Waals surface area contributed by atoms with Crippen LogP contribution in [0.3, 0.4) is 0 Å². The molecule has 28 heavy (non-hydrogen) atoms. The number of hydrogen-bond acceptors (Lipinski definition) is 5. The van der Waals surface area contributed by atoms with Crippen LogP contribution in [-0.2, 0) is 11.3 Å². The molecule has 0 aliphatic carbocycles. The molecule has 2 heterocycles. The Balaban J connectivity index is 1.54. The van der Waals surface area contributed by atoms with Gasteiger partial charge in [0.1, 0.15) is 11.4 Å². The quantitative estimate of drug-likeness (QED) is 0.839. The van der Waals surface area contributed by atoms with E-state index in [4.69, 9.17) is 9.47 Å². The number of hydrogen-bond donors (Lipinski definition) is 1. The Kier molecular flexibility index (Phi) is 4.93. The summed E-state index contributed by atoms with van der Waals surface area (Å²) >= 11 is 1.60. The van der Waals surface area contributed by atoms with E-state index in [0.717, 1.165) is 11.1 Å². The van der Waals surface area contributed by atoms with E-state index in [9.17, 15) is 9.59 Å². The summed E-state index contributed by atoms with van der Waals surface area (Å²) in [4.78, 5) is 27.6. The Morgan fingerprint density at radius 2 is 1.93 bits per heavy atom. The number of thioether (sulfide) groups is 1. The SMILES string of the molecule is COc1ccc2c(c1OC)C(=O)N1C2SC[C@H]1C(=O)NCc1ccc(C)cc1. The van der Waals surface area contributed by atoms with Crippen molar-refractivity contribution in [2.45, 2.75) is 24.9 Å². The molecule has 0 spiro atoms. The second kappa shape index (κ2) is 7.39. The van der Waals surface area contributed by atoms with Gasteiger partial charge in [-0.25, -0.2) is 0 Å². The highest BCUT2D eigenvalue weighted by atomic mass is 32.2. The zero-order valence-corrected chi connectivity index (χ0v) is 16.8. The topological polar surface area (TPSA) is 67.9 Å². The molecule has 2 aromatic rings. The Morgan fingerprint density at radius 1 is 1.18 bits per heavy atom. The van der Waals surface area contributed by atoms with Crippen molar-refractivity contribution in [1.82, 2.24) is 10.2 Å². The Morgan fingerprint density at radius 3 is 2.61 bits per heavy atom. The number of ether oxygens (including phenoxy) is 2. The smallest absolute Gasteiger partial charge is 0.260 e. The lowest BCUT2D eigenvalue weighted by molar-refractivity contribution is -0.124. The fraction of sp³-hybridized carbons (Fsp3) is 0.333. The molecule has 2 aliphatic rings. The van der Waals surface area contributed by atoms with Gasteiger partial charge in [0, 0.05) is 17.9 Å². The fourth-order valence-corrected chi connectivity index (χ4v) is 5.16. The first-order valence-electron chi connectivity index (χ1n) is 9.07. The summed E-state index contributed by atoms with van der Waals surface area (Å²) in [6, 6.07) is 11.2. The van der Waals surface area contributed by atoms with Gasteiger partial charge in [-0.3, -0.25) is 9.59 Å². The maximum absolute atomic E-state index is 13.1. The summed E-state index contributed by atoms with van der Waals surface area (Å²) in [6.07, 6.45) is 0. The zero-order valence-electron chi connectivity index (χ0n) is 16.0. The molecule has 2 aliphatic heterocycles. The van der Waals surface area contributed by atoms with E-state index in [1.807, 2.05) is 37.3 Å². The van der Waals surface area contributed by atoms with Crippen LogP contribution in [0.25, 0.3) is 0 Å². The van der Waals surface area contributed by atoms with Crippen LogP contribution in [0.15, 0.2) is 36.4 Å². The maximum atomic E-state index is 13.1. The summed E-state index contributed by atoms with van der Waals surface area (Å²) in [5.41, 5.74) is 3.58. The number of amides is 2. The van der Waals surface area contributed by atoms with E-state index >= 15 is 0 Å². The van der Waals surface area contributed by atoms with Gasteiger partial charge in [0.15, 0.2) is 11.5 Å². The number of benzene rings is 2. The van der Waals surface area contributed by atoms with E-state index in [1.165, 1.54) is 12.7 Å². The van der Waals surface area contributed by atoms with Crippen LogP contribution >= 0.6 is 11.8 Å². The van der Waals surface area contributed by atoms with Crippen LogP contribution in [-0.4, -0.2) is 42.7 Å². The highest BCUT2D eigenvalue weighted by Crippen LogP contribution is 2.52. The summed E-state index contributed by atoms with van der Waals surface area (Å²) in [5.74, 6) is 1.20. The molecule has 4 rings (SSSR count). The van der Waals surface area contributed by atoms with Gasteiger partial charge in [0.25, 0.3) is 5.91 Å². The van der Waals surface area contributed by atoms with Crippen molar-refractivity contribution < 1.29 is 19.1 Å². The minimum atomic E-state index is -0.504. The lowest BCUT2D eigenvalue weighted by Crippen LogP contribution is -2.45. The van der Waals surface area contributed by atoms with Crippen molar-refractivity contribution in [3.8, 4) is 11.5 Å². The second-order valence-electron chi connectivity index (χ2n) is 6.88. The van der Waals surface area contributed by atoms with Crippen molar-refractivity contribution >= 4 is 23.6 Å². The molecule has 146 valence electrons. The highest BCUT2D eigenvalue weighted by Gasteiger charge is 2.50. The zero-order chi connectivity index (χ0) is 19.8. The highest BCUT2D eigenvalue weighted by molar-refractivity contribution is 7.99. The van der Waals surface area contributed by atoms with Crippen molar-refractivity contribution in [3.05, 3.63) is 58.7 Å². The second-order valence-corrected chi connectivity index (χ2v) is 8.00. The van der Waals surface area contributed by atoms with Gasteiger partial charge >= 0.3 is 0 Å². The third kappa shape index (κ3) is 2.99. The Hall–Kier alpha value is -2.67. The van der Waals surface area contributed by atoms with Gasteiger partial charge in [-0.15, -0.1) is 11.8 Å². The number of nitrogens with zero attached hydrogens (tertiary/aromatic N) is 1. The van der Waals surface area contributed by atoms with Crippen molar-refractivity contribution in [2.75, 3.05) is 20.0 Å². The molecule has 1 saturated heterocycles. The first-order chi connectivity index (χ1) is 13.5. The predicted molar refractivity (Wildman–Crippen MR) is 108 cm³/mol. The molecular formula is C21H22N2O4S. The number of carbonyl (C=O) groups excluding carboxylic acids is 2. The normalized spacial score (nSPS) is 20.0. The molecule has 1 N–H and O–H groups in total. The lowest BCUT2D eigenvalue weighted by atomic mass is 10.1. The molecule has 0 radical (unpaired) electrons. The predicted octanol–water partition coefficient (Wildman–Crippen LogP) is 2.90. The van der Waals surface area contributed by atoms with E-state index in [0.29, 0.717) is 29.4 Å². The lowest BCUT2D eigenvalue weighted by Gasteiger charge is -2.22. The third-order valence-electron chi connectivity index (χ3n) is 5.18. The largest absolute Gasteiger partial charge is 0.493 e. The monoisotopic (exact) mass is 398 g/mol. The van der Waals surface area contributed by atoms with Gasteiger partial charge in [-0.05, 0) is 18.6 Å². The molecule has 0 bridgehead atoms. The van der Waals surface area contributed by atoms with Crippen LogP contribution < -0.4 is 14.8 Å². The van der Waals surface area contributed by atoms with Crippen LogP contribution in [0.2, 0.25) is 0 Å². The van der Waals surface area contributed by atoms with Gasteiger partial charge in [-0.2, -0.15) is 0 Å². The number of fused-ring (bicyclic) bond motifs is 3. The van der Waals surface area contributed by atoms with Gasteiger partial charge in [0.2, 0.25) is 5.91 Å². The minimum Gasteiger partial charge on any atom is -0.493 e. The van der Waals surface area contributed by atoms with E-state index < -0.39 is 6.04 Å². The number of rotatable bonds is 5. The molecule has 2 amide bonds. The Labute approximate surface area is 168 Å². The number of aryl methyl sites for hydroxylation is 1.